The first-order chi connectivity index (χ1) is 5.77. The van der Waals surface area contributed by atoms with Crippen molar-refractivity contribution in [3.63, 3.8) is 0 Å². The van der Waals surface area contributed by atoms with E-state index in [1.165, 1.54) is 12.3 Å². The standard InChI is InChI=1S/C8H6O4/c9-8(10)7-4-6-5(12-7)2-1-3-11-6/h1-4,7H,(H,9,10)/t7-/m1/s1. The Balaban J connectivity index is 2.25. The third-order valence-corrected chi connectivity index (χ3v) is 1.56. The molecule has 0 unspecified atom stereocenters. The number of carbonyl (C=O) groups is 1. The lowest BCUT2D eigenvalue weighted by atomic mass is 10.3. The van der Waals surface area contributed by atoms with E-state index in [2.05, 4.69) is 0 Å². The van der Waals surface area contributed by atoms with Gasteiger partial charge in [0.05, 0.1) is 6.26 Å². The number of rotatable bonds is 1. The zero-order chi connectivity index (χ0) is 8.55. The fourth-order valence-corrected chi connectivity index (χ4v) is 1.03. The van der Waals surface area contributed by atoms with Crippen LogP contribution in [0.5, 0.6) is 0 Å². The number of carboxylic acid groups (broad SMARTS) is 1. The van der Waals surface area contributed by atoms with Crippen LogP contribution in [0.4, 0.5) is 0 Å². The van der Waals surface area contributed by atoms with Crippen molar-refractivity contribution in [3.05, 3.63) is 36.0 Å². The number of carboxylic acids is 1. The molecule has 1 atom stereocenters. The Bertz CT molecular complexity index is 311. The minimum atomic E-state index is -1.01. The van der Waals surface area contributed by atoms with Crippen LogP contribution in [-0.2, 0) is 14.3 Å². The lowest BCUT2D eigenvalue weighted by Gasteiger charge is -2.07. The van der Waals surface area contributed by atoms with E-state index in [0.717, 1.165) is 0 Å². The molecule has 62 valence electrons. The van der Waals surface area contributed by atoms with E-state index in [0.29, 0.717) is 11.5 Å². The van der Waals surface area contributed by atoms with Crippen LogP contribution in [-0.4, -0.2) is 17.2 Å². The molecule has 0 saturated carbocycles. The van der Waals surface area contributed by atoms with Gasteiger partial charge in [-0.3, -0.25) is 0 Å². The van der Waals surface area contributed by atoms with Gasteiger partial charge in [-0.2, -0.15) is 0 Å². The molecule has 0 aromatic carbocycles. The van der Waals surface area contributed by atoms with Gasteiger partial charge in [0.1, 0.15) is 0 Å². The van der Waals surface area contributed by atoms with Crippen molar-refractivity contribution in [2.24, 2.45) is 0 Å². The fraction of sp³-hybridized carbons (Fsp3) is 0.125. The quantitative estimate of drug-likeness (QED) is 0.625. The van der Waals surface area contributed by atoms with Gasteiger partial charge in [-0.1, -0.05) is 0 Å². The van der Waals surface area contributed by atoms with Gasteiger partial charge in [-0.15, -0.1) is 0 Å². The zero-order valence-electron chi connectivity index (χ0n) is 6.06. The van der Waals surface area contributed by atoms with Gasteiger partial charge in [-0.05, 0) is 12.2 Å². The Labute approximate surface area is 68.4 Å². The second-order valence-corrected chi connectivity index (χ2v) is 2.38. The second kappa shape index (κ2) is 2.41. The van der Waals surface area contributed by atoms with Gasteiger partial charge >= 0.3 is 5.97 Å². The van der Waals surface area contributed by atoms with Crippen molar-refractivity contribution in [1.29, 1.82) is 0 Å². The van der Waals surface area contributed by atoms with E-state index < -0.39 is 12.1 Å². The molecule has 0 saturated heterocycles. The summed E-state index contributed by atoms with van der Waals surface area (Å²) >= 11 is 0. The van der Waals surface area contributed by atoms with Crippen molar-refractivity contribution in [3.8, 4) is 0 Å². The van der Waals surface area contributed by atoms with Gasteiger partial charge in [0, 0.05) is 6.08 Å². The van der Waals surface area contributed by atoms with E-state index in [9.17, 15) is 4.79 Å². The first kappa shape index (κ1) is 6.97. The van der Waals surface area contributed by atoms with Crippen molar-refractivity contribution >= 4 is 5.97 Å². The molecule has 2 aliphatic heterocycles. The first-order valence-corrected chi connectivity index (χ1v) is 3.42. The number of fused-ring (bicyclic) bond motifs is 1. The SMILES string of the molecule is O=C(O)[C@H]1C=C2OC=CC=C2O1. The predicted octanol–water partition coefficient (Wildman–Crippen LogP) is 0.781. The summed E-state index contributed by atoms with van der Waals surface area (Å²) in [5, 5.41) is 8.59. The minimum Gasteiger partial charge on any atom is -0.478 e. The molecule has 0 aromatic rings. The molecule has 0 spiro atoms. The van der Waals surface area contributed by atoms with E-state index in [-0.39, 0.29) is 0 Å². The van der Waals surface area contributed by atoms with Crippen molar-refractivity contribution in [1.82, 2.24) is 0 Å². The highest BCUT2D eigenvalue weighted by molar-refractivity contribution is 5.76. The van der Waals surface area contributed by atoms with Crippen LogP contribution >= 0.6 is 0 Å². The zero-order valence-corrected chi connectivity index (χ0v) is 6.06. The van der Waals surface area contributed by atoms with Gasteiger partial charge in [0.25, 0.3) is 0 Å². The minimum absolute atomic E-state index is 0.477. The van der Waals surface area contributed by atoms with E-state index in [1.54, 1.807) is 12.2 Å². The van der Waals surface area contributed by atoms with Crippen molar-refractivity contribution in [2.75, 3.05) is 0 Å². The van der Waals surface area contributed by atoms with E-state index in [4.69, 9.17) is 14.6 Å². The summed E-state index contributed by atoms with van der Waals surface area (Å²) < 4.78 is 10.0. The molecule has 4 nitrogen and oxygen atoms in total. The molecule has 0 aromatic heterocycles. The van der Waals surface area contributed by atoms with Crippen LogP contribution in [0.15, 0.2) is 36.0 Å². The van der Waals surface area contributed by atoms with Crippen LogP contribution < -0.4 is 0 Å². The van der Waals surface area contributed by atoms with Crippen LogP contribution in [0.2, 0.25) is 0 Å². The molecule has 2 rings (SSSR count). The summed E-state index contributed by atoms with van der Waals surface area (Å²) in [7, 11) is 0. The van der Waals surface area contributed by atoms with Crippen molar-refractivity contribution < 1.29 is 19.4 Å². The smallest absolute Gasteiger partial charge is 0.349 e. The average Bonchev–Trinajstić information content (AvgIpc) is 2.46. The van der Waals surface area contributed by atoms with Crippen LogP contribution in [0.1, 0.15) is 0 Å². The molecule has 2 aliphatic rings. The van der Waals surface area contributed by atoms with Gasteiger partial charge in [0.15, 0.2) is 11.5 Å². The Morgan fingerprint density at radius 3 is 3.00 bits per heavy atom. The predicted molar refractivity (Wildman–Crippen MR) is 38.9 cm³/mol. The highest BCUT2D eigenvalue weighted by atomic mass is 16.6. The highest BCUT2D eigenvalue weighted by Crippen LogP contribution is 2.27. The Hall–Kier alpha value is -1.71. The number of ether oxygens (including phenoxy) is 2. The maximum absolute atomic E-state index is 10.5. The normalized spacial score (nSPS) is 24.8. The Morgan fingerprint density at radius 1 is 1.50 bits per heavy atom. The molecule has 2 heterocycles. The monoisotopic (exact) mass is 166 g/mol. The second-order valence-electron chi connectivity index (χ2n) is 2.38. The molecule has 12 heavy (non-hydrogen) atoms. The number of hydrogen-bond acceptors (Lipinski definition) is 3. The number of allylic oxidation sites excluding steroid dienone is 2. The van der Waals surface area contributed by atoms with Crippen molar-refractivity contribution in [2.45, 2.75) is 6.10 Å². The largest absolute Gasteiger partial charge is 0.478 e. The summed E-state index contributed by atoms with van der Waals surface area (Å²) in [5.74, 6) is -0.0591. The van der Waals surface area contributed by atoms with E-state index in [1.807, 2.05) is 0 Å². The third kappa shape index (κ3) is 0.972. The molecule has 0 aliphatic carbocycles. The average molecular weight is 166 g/mol. The molecule has 0 amide bonds. The fourth-order valence-electron chi connectivity index (χ4n) is 1.03. The maximum atomic E-state index is 10.5. The topological polar surface area (TPSA) is 55.8 Å². The van der Waals surface area contributed by atoms with E-state index >= 15 is 0 Å². The van der Waals surface area contributed by atoms with Gasteiger partial charge < -0.3 is 14.6 Å². The summed E-state index contributed by atoms with van der Waals surface area (Å²) in [5.41, 5.74) is 0. The Kier molecular flexibility index (Phi) is 1.40. The lowest BCUT2D eigenvalue weighted by Crippen LogP contribution is -2.16. The van der Waals surface area contributed by atoms with Gasteiger partial charge in [-0.25, -0.2) is 4.79 Å². The van der Waals surface area contributed by atoms with Crippen LogP contribution in [0.3, 0.4) is 0 Å². The number of aliphatic carboxylic acids is 1. The summed E-state index contributed by atoms with van der Waals surface area (Å²) in [6.07, 6.45) is 5.31. The maximum Gasteiger partial charge on any atom is 0.349 e. The first-order valence-electron chi connectivity index (χ1n) is 3.42. The molecule has 0 radical (unpaired) electrons. The summed E-state index contributed by atoms with van der Waals surface area (Å²) in [4.78, 5) is 10.5. The Morgan fingerprint density at radius 2 is 2.33 bits per heavy atom. The van der Waals surface area contributed by atoms with Crippen LogP contribution in [0.25, 0.3) is 0 Å². The van der Waals surface area contributed by atoms with Gasteiger partial charge in [0.2, 0.25) is 6.10 Å². The molecule has 0 fully saturated rings. The molecular formula is C8H6O4. The van der Waals surface area contributed by atoms with Crippen LogP contribution in [0, 0.1) is 0 Å². The lowest BCUT2D eigenvalue weighted by molar-refractivity contribution is -0.144. The highest BCUT2D eigenvalue weighted by Gasteiger charge is 2.29. The summed E-state index contributed by atoms with van der Waals surface area (Å²) in [6, 6.07) is 0. The molecule has 1 N–H and O–H groups in total. The number of hydrogen-bond donors (Lipinski definition) is 1. The molecule has 0 bridgehead atoms. The molecular weight excluding hydrogens is 160 g/mol. The third-order valence-electron chi connectivity index (χ3n) is 1.56. The molecule has 4 heteroatoms. The summed E-state index contributed by atoms with van der Waals surface area (Å²) in [6.45, 7) is 0.